The predicted octanol–water partition coefficient (Wildman–Crippen LogP) is -2.02. The molecule has 0 aliphatic heterocycles. The van der Waals surface area contributed by atoms with Crippen molar-refractivity contribution in [3.8, 4) is 0 Å². The van der Waals surface area contributed by atoms with Crippen LogP contribution < -0.4 is 11.5 Å². The predicted molar refractivity (Wildman–Crippen MR) is 61.1 cm³/mol. The quantitative estimate of drug-likeness (QED) is 0.149. The molecule has 1 unspecified atom stereocenters. The Morgan fingerprint density at radius 3 is 2.30 bits per heavy atom. The van der Waals surface area contributed by atoms with E-state index in [9.17, 15) is 25.0 Å². The summed E-state index contributed by atoms with van der Waals surface area (Å²) < 4.78 is 4.74. The van der Waals surface area contributed by atoms with Gasteiger partial charge in [0.05, 0.1) is 0 Å². The molecule has 0 spiro atoms. The molecule has 13 nitrogen and oxygen atoms in total. The van der Waals surface area contributed by atoms with Crippen LogP contribution in [0.3, 0.4) is 0 Å². The van der Waals surface area contributed by atoms with Gasteiger partial charge in [0.25, 0.3) is 10.2 Å². The highest BCUT2D eigenvalue weighted by Crippen LogP contribution is 2.02. The second kappa shape index (κ2) is 9.12. The summed E-state index contributed by atoms with van der Waals surface area (Å²) in [7, 11) is 0. The van der Waals surface area contributed by atoms with Crippen LogP contribution in [0.15, 0.2) is 4.99 Å². The van der Waals surface area contributed by atoms with Gasteiger partial charge in [-0.3, -0.25) is 4.79 Å². The third kappa shape index (κ3) is 10.3. The van der Waals surface area contributed by atoms with Crippen molar-refractivity contribution < 1.29 is 29.4 Å². The van der Waals surface area contributed by atoms with Gasteiger partial charge in [0.15, 0.2) is 5.96 Å². The van der Waals surface area contributed by atoms with E-state index in [1.807, 2.05) is 0 Å². The zero-order chi connectivity index (χ0) is 15.5. The molecule has 0 aliphatic rings. The van der Waals surface area contributed by atoms with Crippen molar-refractivity contribution in [3.05, 3.63) is 20.2 Å². The van der Waals surface area contributed by atoms with Crippen LogP contribution in [0.2, 0.25) is 0 Å². The SMILES string of the molecule is NC(N)=NCC(=O)OC(CCO[N+](=O)[O-])CO[N+](=O)[O-]. The van der Waals surface area contributed by atoms with E-state index in [1.54, 1.807) is 0 Å². The minimum absolute atomic E-state index is 0.178. The first kappa shape index (κ1) is 17.1. The highest BCUT2D eigenvalue weighted by Gasteiger charge is 2.17. The Hall–Kier alpha value is -2.86. The molecule has 0 rings (SSSR count). The lowest BCUT2D eigenvalue weighted by molar-refractivity contribution is -0.762. The molecule has 0 radical (unpaired) electrons. The number of carbonyl (C=O) groups is 1. The maximum atomic E-state index is 11.3. The molecular weight excluding hydrogens is 282 g/mol. The van der Waals surface area contributed by atoms with Crippen LogP contribution in [0.1, 0.15) is 6.42 Å². The highest BCUT2D eigenvalue weighted by atomic mass is 17.0. The van der Waals surface area contributed by atoms with Crippen LogP contribution in [-0.2, 0) is 19.2 Å². The van der Waals surface area contributed by atoms with E-state index in [1.165, 1.54) is 0 Å². The largest absolute Gasteiger partial charge is 0.459 e. The lowest BCUT2D eigenvalue weighted by Crippen LogP contribution is -2.29. The topological polar surface area (TPSA) is 195 Å². The number of carbonyl (C=O) groups excluding carboxylic acids is 1. The molecule has 4 N–H and O–H groups in total. The number of hydrogen-bond donors (Lipinski definition) is 2. The maximum Gasteiger partial charge on any atom is 0.328 e. The van der Waals surface area contributed by atoms with Crippen molar-refractivity contribution in [1.29, 1.82) is 0 Å². The van der Waals surface area contributed by atoms with Gasteiger partial charge in [0, 0.05) is 6.42 Å². The highest BCUT2D eigenvalue weighted by molar-refractivity contribution is 5.80. The standard InChI is InChI=1S/C7H13N5O8/c8-7(9)10-3-6(13)20-5(4-19-12(16)17)1-2-18-11(14)15/h5H,1-4H2,(H4,8,9,10). The Morgan fingerprint density at radius 2 is 1.80 bits per heavy atom. The molecule has 0 saturated carbocycles. The van der Waals surface area contributed by atoms with E-state index in [-0.39, 0.29) is 12.4 Å². The summed E-state index contributed by atoms with van der Waals surface area (Å²) in [6.45, 7) is -1.51. The summed E-state index contributed by atoms with van der Waals surface area (Å²) in [4.78, 5) is 42.6. The molecule has 20 heavy (non-hydrogen) atoms. The third-order valence-corrected chi connectivity index (χ3v) is 1.69. The average molecular weight is 295 g/mol. The third-order valence-electron chi connectivity index (χ3n) is 1.69. The van der Waals surface area contributed by atoms with Crippen LogP contribution in [-0.4, -0.2) is 48.0 Å². The Balaban J connectivity index is 4.27. The molecule has 0 fully saturated rings. The molecule has 1 atom stereocenters. The van der Waals surface area contributed by atoms with Crippen molar-refractivity contribution in [2.24, 2.45) is 16.5 Å². The first-order valence-corrected chi connectivity index (χ1v) is 5.10. The fourth-order valence-corrected chi connectivity index (χ4v) is 0.958. The molecule has 114 valence electrons. The van der Waals surface area contributed by atoms with Gasteiger partial charge >= 0.3 is 5.97 Å². The van der Waals surface area contributed by atoms with E-state index in [0.717, 1.165) is 0 Å². The number of aliphatic imine (C=N–C) groups is 1. The molecule has 0 heterocycles. The van der Waals surface area contributed by atoms with Crippen LogP contribution in [0, 0.1) is 20.2 Å². The van der Waals surface area contributed by atoms with Gasteiger partial charge in [-0.15, -0.1) is 20.2 Å². The second-order valence-corrected chi connectivity index (χ2v) is 3.22. The number of hydrogen-bond acceptors (Lipinski definition) is 9. The molecule has 0 aliphatic carbocycles. The number of guanidine groups is 1. The summed E-state index contributed by atoms with van der Waals surface area (Å²) in [6.07, 6.45) is -1.29. The summed E-state index contributed by atoms with van der Waals surface area (Å²) in [6, 6.07) is 0. The van der Waals surface area contributed by atoms with Crippen molar-refractivity contribution >= 4 is 11.9 Å². The lowest BCUT2D eigenvalue weighted by Gasteiger charge is -2.15. The van der Waals surface area contributed by atoms with Crippen LogP contribution in [0.25, 0.3) is 0 Å². The Bertz CT molecular complexity index is 381. The minimum atomic E-state index is -1.11. The van der Waals surface area contributed by atoms with E-state index in [2.05, 4.69) is 14.7 Å². The van der Waals surface area contributed by atoms with Crippen molar-refractivity contribution in [3.63, 3.8) is 0 Å². The maximum absolute atomic E-state index is 11.3. The van der Waals surface area contributed by atoms with E-state index in [4.69, 9.17) is 16.2 Å². The van der Waals surface area contributed by atoms with Crippen molar-refractivity contribution in [2.45, 2.75) is 12.5 Å². The summed E-state index contributed by atoms with van der Waals surface area (Å²) >= 11 is 0. The Kier molecular flexibility index (Phi) is 7.82. The molecule has 0 saturated heterocycles. The van der Waals surface area contributed by atoms with Gasteiger partial charge < -0.3 is 25.9 Å². The van der Waals surface area contributed by atoms with Gasteiger partial charge in [-0.25, -0.2) is 4.99 Å². The molecule has 0 aromatic carbocycles. The molecule has 0 bridgehead atoms. The van der Waals surface area contributed by atoms with Gasteiger partial charge in [-0.2, -0.15) is 0 Å². The molecule has 0 aromatic heterocycles. The first-order chi connectivity index (χ1) is 9.31. The van der Waals surface area contributed by atoms with Crippen LogP contribution in [0.4, 0.5) is 0 Å². The summed E-state index contributed by atoms with van der Waals surface area (Å²) in [5, 5.41) is 17.8. The zero-order valence-corrected chi connectivity index (χ0v) is 10.2. The van der Waals surface area contributed by atoms with Crippen molar-refractivity contribution in [1.82, 2.24) is 0 Å². The smallest absolute Gasteiger partial charge is 0.328 e. The number of nitrogens with zero attached hydrogens (tertiary/aromatic N) is 3. The van der Waals surface area contributed by atoms with Crippen LogP contribution >= 0.6 is 0 Å². The normalized spacial score (nSPS) is 11.0. The molecular formula is C7H13N5O8. The fourth-order valence-electron chi connectivity index (χ4n) is 0.958. The van der Waals surface area contributed by atoms with Gasteiger partial charge in [0.2, 0.25) is 0 Å². The van der Waals surface area contributed by atoms with Crippen LogP contribution in [0.5, 0.6) is 0 Å². The van der Waals surface area contributed by atoms with Crippen molar-refractivity contribution in [2.75, 3.05) is 19.8 Å². The second-order valence-electron chi connectivity index (χ2n) is 3.22. The Labute approximate surface area is 111 Å². The number of rotatable bonds is 10. The number of nitrogens with two attached hydrogens (primary N) is 2. The summed E-state index contributed by atoms with van der Waals surface area (Å²) in [5.74, 6) is -1.21. The van der Waals surface area contributed by atoms with Gasteiger partial charge in [-0.05, 0) is 0 Å². The summed E-state index contributed by atoms with van der Waals surface area (Å²) in [5.41, 5.74) is 9.99. The molecule has 13 heteroatoms. The lowest BCUT2D eigenvalue weighted by atomic mass is 10.3. The first-order valence-electron chi connectivity index (χ1n) is 5.10. The minimum Gasteiger partial charge on any atom is -0.459 e. The fraction of sp³-hybridized carbons (Fsp3) is 0.714. The number of esters is 1. The molecule has 0 aromatic rings. The van der Waals surface area contributed by atoms with E-state index < -0.39 is 42.0 Å². The van der Waals surface area contributed by atoms with E-state index in [0.29, 0.717) is 0 Å². The Morgan fingerprint density at radius 1 is 1.20 bits per heavy atom. The average Bonchev–Trinajstić information content (AvgIpc) is 2.32. The van der Waals surface area contributed by atoms with E-state index >= 15 is 0 Å². The van der Waals surface area contributed by atoms with Gasteiger partial charge in [0.1, 0.15) is 25.9 Å². The molecule has 0 amide bonds. The zero-order valence-electron chi connectivity index (χ0n) is 10.2. The van der Waals surface area contributed by atoms with Gasteiger partial charge in [-0.1, -0.05) is 0 Å². The monoisotopic (exact) mass is 295 g/mol. The number of ether oxygens (including phenoxy) is 1.